The minimum Gasteiger partial charge on any atom is -0.497 e. The molecule has 1 heterocycles. The van der Waals surface area contributed by atoms with E-state index in [1.54, 1.807) is 7.11 Å². The van der Waals surface area contributed by atoms with E-state index in [0.29, 0.717) is 0 Å². The molecule has 3 rings (SSSR count). The fraction of sp³-hybridized carbons (Fsp3) is 0.455. The van der Waals surface area contributed by atoms with Gasteiger partial charge < -0.3 is 14.8 Å². The summed E-state index contributed by atoms with van der Waals surface area (Å²) in [5.74, 6) is 0.887. The van der Waals surface area contributed by atoms with Gasteiger partial charge in [0.1, 0.15) is 5.75 Å². The third kappa shape index (κ3) is 4.35. The maximum absolute atomic E-state index is 6.00. The van der Waals surface area contributed by atoms with Crippen LogP contribution >= 0.6 is 0 Å². The molecule has 1 fully saturated rings. The Hall–Kier alpha value is -2.00. The predicted molar refractivity (Wildman–Crippen MR) is 103 cm³/mol. The number of rotatable bonds is 6. The third-order valence-electron chi connectivity index (χ3n) is 5.25. The molecule has 0 spiro atoms. The average Bonchev–Trinajstić information content (AvgIpc) is 2.62. The highest BCUT2D eigenvalue weighted by molar-refractivity contribution is 5.46. The molecule has 1 aliphatic heterocycles. The monoisotopic (exact) mass is 339 g/mol. The summed E-state index contributed by atoms with van der Waals surface area (Å²) in [6, 6.07) is 19.1. The van der Waals surface area contributed by atoms with Gasteiger partial charge in [0, 0.05) is 24.3 Å². The van der Waals surface area contributed by atoms with Crippen molar-refractivity contribution in [3.63, 3.8) is 0 Å². The van der Waals surface area contributed by atoms with Crippen LogP contribution in [0.5, 0.6) is 5.75 Å². The summed E-state index contributed by atoms with van der Waals surface area (Å²) in [5, 5.41) is 3.57. The Labute approximate surface area is 151 Å². The fourth-order valence-electron chi connectivity index (χ4n) is 4.03. The first-order valence-electron chi connectivity index (χ1n) is 9.10. The van der Waals surface area contributed by atoms with Crippen molar-refractivity contribution in [1.82, 2.24) is 0 Å². The lowest BCUT2D eigenvalue weighted by Gasteiger charge is -2.45. The molecule has 0 bridgehead atoms. The quantitative estimate of drug-likeness (QED) is 0.801. The summed E-state index contributed by atoms with van der Waals surface area (Å²) < 4.78 is 11.2. The highest BCUT2D eigenvalue weighted by atomic mass is 16.5. The van der Waals surface area contributed by atoms with Crippen molar-refractivity contribution in [3.05, 3.63) is 60.2 Å². The molecule has 2 aromatic rings. The Morgan fingerprint density at radius 2 is 1.76 bits per heavy atom. The van der Waals surface area contributed by atoms with Crippen LogP contribution in [0.3, 0.4) is 0 Å². The van der Waals surface area contributed by atoms with Gasteiger partial charge in [0.15, 0.2) is 0 Å². The third-order valence-corrected chi connectivity index (χ3v) is 5.25. The first-order chi connectivity index (χ1) is 12.0. The van der Waals surface area contributed by atoms with Crippen LogP contribution < -0.4 is 10.1 Å². The van der Waals surface area contributed by atoms with Gasteiger partial charge in [0.25, 0.3) is 0 Å². The van der Waals surface area contributed by atoms with Gasteiger partial charge in [0.2, 0.25) is 0 Å². The number of methoxy groups -OCH3 is 1. The number of hydrogen-bond acceptors (Lipinski definition) is 3. The van der Waals surface area contributed by atoms with Crippen molar-refractivity contribution < 1.29 is 9.47 Å². The Kier molecular flexibility index (Phi) is 5.33. The first-order valence-corrected chi connectivity index (χ1v) is 9.10. The Morgan fingerprint density at radius 1 is 1.04 bits per heavy atom. The normalized spacial score (nSPS) is 22.4. The summed E-state index contributed by atoms with van der Waals surface area (Å²) in [7, 11) is 1.69. The van der Waals surface area contributed by atoms with Crippen molar-refractivity contribution >= 4 is 5.69 Å². The summed E-state index contributed by atoms with van der Waals surface area (Å²) >= 11 is 0. The summed E-state index contributed by atoms with van der Waals surface area (Å²) in [6.45, 7) is 6.18. The molecule has 0 aliphatic carbocycles. The van der Waals surface area contributed by atoms with Crippen LogP contribution in [-0.4, -0.2) is 25.9 Å². The van der Waals surface area contributed by atoms with Crippen molar-refractivity contribution in [3.8, 4) is 5.75 Å². The van der Waals surface area contributed by atoms with E-state index in [1.165, 1.54) is 5.56 Å². The number of benzene rings is 2. The van der Waals surface area contributed by atoms with E-state index < -0.39 is 0 Å². The molecular weight excluding hydrogens is 310 g/mol. The van der Waals surface area contributed by atoms with E-state index >= 15 is 0 Å². The molecular formula is C22H29NO2. The first kappa shape index (κ1) is 17.8. The van der Waals surface area contributed by atoms with Crippen molar-refractivity contribution in [2.75, 3.05) is 25.6 Å². The van der Waals surface area contributed by atoms with E-state index in [9.17, 15) is 0 Å². The highest BCUT2D eigenvalue weighted by Crippen LogP contribution is 2.43. The number of ether oxygens (including phenoxy) is 2. The highest BCUT2D eigenvalue weighted by Gasteiger charge is 2.41. The molecule has 0 amide bonds. The summed E-state index contributed by atoms with van der Waals surface area (Å²) in [4.78, 5) is 0. The molecule has 2 aromatic carbocycles. The summed E-state index contributed by atoms with van der Waals surface area (Å²) in [5.41, 5.74) is 2.66. The lowest BCUT2D eigenvalue weighted by atomic mass is 9.67. The molecule has 3 nitrogen and oxygen atoms in total. The van der Waals surface area contributed by atoms with E-state index in [-0.39, 0.29) is 11.0 Å². The van der Waals surface area contributed by atoms with E-state index in [2.05, 4.69) is 61.6 Å². The Morgan fingerprint density at radius 3 is 2.40 bits per heavy atom. The zero-order valence-electron chi connectivity index (χ0n) is 15.5. The van der Waals surface area contributed by atoms with Crippen LogP contribution in [-0.2, 0) is 10.2 Å². The van der Waals surface area contributed by atoms with Gasteiger partial charge in [0.05, 0.1) is 12.7 Å². The molecule has 0 aromatic heterocycles. The molecule has 134 valence electrons. The predicted octanol–water partition coefficient (Wildman–Crippen LogP) is 5.02. The Balaban J connectivity index is 1.72. The molecule has 1 N–H and O–H groups in total. The van der Waals surface area contributed by atoms with Gasteiger partial charge >= 0.3 is 0 Å². The molecule has 1 saturated heterocycles. The lowest BCUT2D eigenvalue weighted by Crippen LogP contribution is -2.44. The van der Waals surface area contributed by atoms with Gasteiger partial charge in [-0.25, -0.2) is 0 Å². The number of anilines is 1. The van der Waals surface area contributed by atoms with Crippen LogP contribution in [0, 0.1) is 0 Å². The second-order valence-electron chi connectivity index (χ2n) is 7.59. The van der Waals surface area contributed by atoms with Gasteiger partial charge in [-0.2, -0.15) is 0 Å². The van der Waals surface area contributed by atoms with E-state index in [1.807, 2.05) is 12.1 Å². The number of hydrogen-bond donors (Lipinski definition) is 1. The Bertz CT molecular complexity index is 666. The van der Waals surface area contributed by atoms with Crippen molar-refractivity contribution in [1.29, 1.82) is 0 Å². The molecule has 0 unspecified atom stereocenters. The second-order valence-corrected chi connectivity index (χ2v) is 7.59. The fourth-order valence-corrected chi connectivity index (χ4v) is 4.03. The van der Waals surface area contributed by atoms with Gasteiger partial charge in [-0.15, -0.1) is 0 Å². The second kappa shape index (κ2) is 7.49. The zero-order valence-corrected chi connectivity index (χ0v) is 15.5. The van der Waals surface area contributed by atoms with E-state index in [0.717, 1.165) is 43.9 Å². The number of nitrogens with one attached hydrogen (secondary N) is 1. The van der Waals surface area contributed by atoms with E-state index in [4.69, 9.17) is 9.47 Å². The van der Waals surface area contributed by atoms with Crippen LogP contribution in [0.4, 0.5) is 5.69 Å². The molecule has 0 radical (unpaired) electrons. The minimum atomic E-state index is -0.0752. The van der Waals surface area contributed by atoms with Gasteiger partial charge in [-0.3, -0.25) is 0 Å². The zero-order chi connectivity index (χ0) is 17.8. The minimum absolute atomic E-state index is 0.0752. The molecule has 1 aliphatic rings. The van der Waals surface area contributed by atoms with Crippen LogP contribution in [0.1, 0.15) is 38.7 Å². The van der Waals surface area contributed by atoms with Crippen LogP contribution in [0.25, 0.3) is 0 Å². The van der Waals surface area contributed by atoms with Gasteiger partial charge in [-0.1, -0.05) is 30.3 Å². The largest absolute Gasteiger partial charge is 0.497 e. The maximum Gasteiger partial charge on any atom is 0.119 e. The van der Waals surface area contributed by atoms with Crippen LogP contribution in [0.2, 0.25) is 0 Å². The molecule has 25 heavy (non-hydrogen) atoms. The average molecular weight is 339 g/mol. The lowest BCUT2D eigenvalue weighted by molar-refractivity contribution is -0.0834. The van der Waals surface area contributed by atoms with Crippen LogP contribution in [0.15, 0.2) is 54.6 Å². The topological polar surface area (TPSA) is 30.5 Å². The molecule has 0 saturated carbocycles. The maximum atomic E-state index is 6.00. The molecule has 3 heteroatoms. The molecule has 1 atom stereocenters. The van der Waals surface area contributed by atoms with Gasteiger partial charge in [-0.05, 0) is 62.9 Å². The standard InChI is InChI=1S/C22H29NO2/c1-21(2)17-22(14-16-25-21,18-7-5-4-6-8-18)13-15-23-19-9-11-20(24-3)12-10-19/h4-12,23H,13-17H2,1-3H3/t22-/m1/s1. The summed E-state index contributed by atoms with van der Waals surface area (Å²) in [6.07, 6.45) is 3.22. The smallest absolute Gasteiger partial charge is 0.119 e. The van der Waals surface area contributed by atoms with Crippen molar-refractivity contribution in [2.24, 2.45) is 0 Å². The van der Waals surface area contributed by atoms with Crippen molar-refractivity contribution in [2.45, 2.75) is 44.1 Å². The SMILES string of the molecule is COc1ccc(NCC[C@@]2(c3ccccc3)CCOC(C)(C)C2)cc1.